The SMILES string of the molecule is COc1cc(NC(=O)COC(=O)Cn2c(C)cc3ccccc32)c(OC)cc1Cl. The lowest BCUT2D eigenvalue weighted by Gasteiger charge is -2.13. The molecule has 1 amide bonds. The zero-order valence-electron chi connectivity index (χ0n) is 16.3. The predicted molar refractivity (Wildman–Crippen MR) is 111 cm³/mol. The summed E-state index contributed by atoms with van der Waals surface area (Å²) in [7, 11) is 2.92. The average molecular weight is 417 g/mol. The zero-order valence-corrected chi connectivity index (χ0v) is 17.1. The quantitative estimate of drug-likeness (QED) is 0.592. The fraction of sp³-hybridized carbons (Fsp3) is 0.238. The van der Waals surface area contributed by atoms with Crippen molar-refractivity contribution in [2.45, 2.75) is 13.5 Å². The topological polar surface area (TPSA) is 78.8 Å². The maximum atomic E-state index is 12.2. The molecule has 3 aromatic rings. The lowest BCUT2D eigenvalue weighted by Crippen LogP contribution is -2.23. The minimum atomic E-state index is -0.509. The number of carbonyl (C=O) groups excluding carboxylic acids is 2. The van der Waals surface area contributed by atoms with Gasteiger partial charge in [-0.2, -0.15) is 0 Å². The van der Waals surface area contributed by atoms with Gasteiger partial charge in [0.25, 0.3) is 5.91 Å². The van der Waals surface area contributed by atoms with Gasteiger partial charge in [-0.05, 0) is 24.4 Å². The Kier molecular flexibility index (Phi) is 6.29. The van der Waals surface area contributed by atoms with E-state index in [0.717, 1.165) is 16.6 Å². The van der Waals surface area contributed by atoms with E-state index in [1.165, 1.54) is 26.4 Å². The summed E-state index contributed by atoms with van der Waals surface area (Å²) in [6, 6.07) is 12.8. The molecule has 1 heterocycles. The van der Waals surface area contributed by atoms with Gasteiger partial charge in [0, 0.05) is 23.3 Å². The molecule has 2 aromatic carbocycles. The molecule has 0 saturated heterocycles. The Morgan fingerprint density at radius 3 is 2.52 bits per heavy atom. The molecule has 0 radical (unpaired) electrons. The van der Waals surface area contributed by atoms with Gasteiger partial charge in [-0.15, -0.1) is 0 Å². The number of hydrogen-bond donors (Lipinski definition) is 1. The molecule has 0 aliphatic carbocycles. The van der Waals surface area contributed by atoms with Crippen molar-refractivity contribution in [1.29, 1.82) is 0 Å². The van der Waals surface area contributed by atoms with Crippen LogP contribution >= 0.6 is 11.6 Å². The van der Waals surface area contributed by atoms with Gasteiger partial charge in [-0.25, -0.2) is 0 Å². The van der Waals surface area contributed by atoms with Crippen molar-refractivity contribution in [2.24, 2.45) is 0 Å². The first-order chi connectivity index (χ1) is 13.9. The molecule has 8 heteroatoms. The molecule has 1 N–H and O–H groups in total. The standard InChI is InChI=1S/C21H21ClN2O5/c1-13-8-14-6-4-5-7-17(14)24(13)11-21(26)29-12-20(25)23-16-10-18(27-2)15(22)9-19(16)28-3/h4-10H,11-12H2,1-3H3,(H,23,25). The second kappa shape index (κ2) is 8.87. The van der Waals surface area contributed by atoms with Crippen molar-refractivity contribution in [2.75, 3.05) is 26.1 Å². The maximum absolute atomic E-state index is 12.2. The number of aryl methyl sites for hydroxylation is 1. The van der Waals surface area contributed by atoms with Crippen LogP contribution in [0.5, 0.6) is 11.5 Å². The number of benzene rings is 2. The molecule has 0 aliphatic rings. The van der Waals surface area contributed by atoms with Crippen LogP contribution in [0.15, 0.2) is 42.5 Å². The summed E-state index contributed by atoms with van der Waals surface area (Å²) in [5.41, 5.74) is 2.23. The summed E-state index contributed by atoms with van der Waals surface area (Å²) < 4.78 is 17.3. The number of anilines is 1. The first-order valence-electron chi connectivity index (χ1n) is 8.84. The fourth-order valence-corrected chi connectivity index (χ4v) is 3.25. The number of nitrogens with zero attached hydrogens (tertiary/aromatic N) is 1. The van der Waals surface area contributed by atoms with Crippen molar-refractivity contribution >= 4 is 40.1 Å². The van der Waals surface area contributed by atoms with Crippen LogP contribution in [0.25, 0.3) is 10.9 Å². The van der Waals surface area contributed by atoms with E-state index >= 15 is 0 Å². The summed E-state index contributed by atoms with van der Waals surface area (Å²) in [4.78, 5) is 24.5. The normalized spacial score (nSPS) is 10.6. The molecule has 0 aliphatic heterocycles. The predicted octanol–water partition coefficient (Wildman–Crippen LogP) is 3.80. The zero-order chi connectivity index (χ0) is 21.0. The van der Waals surface area contributed by atoms with Crippen LogP contribution in [-0.4, -0.2) is 37.3 Å². The molecule has 0 bridgehead atoms. The molecular weight excluding hydrogens is 396 g/mol. The van der Waals surface area contributed by atoms with Crippen molar-refractivity contribution < 1.29 is 23.8 Å². The number of amides is 1. The molecule has 152 valence electrons. The van der Waals surface area contributed by atoms with Crippen molar-refractivity contribution in [3.05, 3.63) is 53.2 Å². The van der Waals surface area contributed by atoms with Gasteiger partial charge in [0.1, 0.15) is 18.0 Å². The lowest BCUT2D eigenvalue weighted by molar-refractivity contribution is -0.147. The van der Waals surface area contributed by atoms with Crippen molar-refractivity contribution in [3.8, 4) is 11.5 Å². The summed E-state index contributed by atoms with van der Waals surface area (Å²) >= 11 is 6.05. The van der Waals surface area contributed by atoms with Gasteiger partial charge in [-0.1, -0.05) is 29.8 Å². The van der Waals surface area contributed by atoms with E-state index in [-0.39, 0.29) is 6.54 Å². The van der Waals surface area contributed by atoms with Crippen LogP contribution in [0.4, 0.5) is 5.69 Å². The van der Waals surface area contributed by atoms with Crippen molar-refractivity contribution in [3.63, 3.8) is 0 Å². The highest BCUT2D eigenvalue weighted by Gasteiger charge is 2.15. The number of halogens is 1. The Morgan fingerprint density at radius 1 is 1.07 bits per heavy atom. The largest absolute Gasteiger partial charge is 0.495 e. The van der Waals surface area contributed by atoms with Gasteiger partial charge in [0.2, 0.25) is 0 Å². The number of nitrogens with one attached hydrogen (secondary N) is 1. The van der Waals surface area contributed by atoms with Crippen LogP contribution in [-0.2, 0) is 20.9 Å². The van der Waals surface area contributed by atoms with E-state index < -0.39 is 18.5 Å². The molecule has 0 spiro atoms. The molecule has 0 atom stereocenters. The Labute approximate surface area is 173 Å². The van der Waals surface area contributed by atoms with Gasteiger partial charge < -0.3 is 24.1 Å². The number of aromatic nitrogens is 1. The van der Waals surface area contributed by atoms with E-state index in [1.54, 1.807) is 0 Å². The van der Waals surface area contributed by atoms with Crippen molar-refractivity contribution in [1.82, 2.24) is 4.57 Å². The molecule has 7 nitrogen and oxygen atoms in total. The second-order valence-corrected chi connectivity index (χ2v) is 6.73. The Hall–Kier alpha value is -3.19. The molecule has 0 fully saturated rings. The summed E-state index contributed by atoms with van der Waals surface area (Å²) in [6.45, 7) is 1.51. The number of hydrogen-bond acceptors (Lipinski definition) is 5. The van der Waals surface area contributed by atoms with Crippen LogP contribution in [0.1, 0.15) is 5.69 Å². The van der Waals surface area contributed by atoms with Gasteiger partial charge in [0.05, 0.1) is 24.9 Å². The third-order valence-electron chi connectivity index (χ3n) is 4.42. The summed E-state index contributed by atoms with van der Waals surface area (Å²) in [6.07, 6.45) is 0. The smallest absolute Gasteiger partial charge is 0.326 e. The van der Waals surface area contributed by atoms with E-state index in [1.807, 2.05) is 41.8 Å². The van der Waals surface area contributed by atoms with E-state index in [9.17, 15) is 9.59 Å². The van der Waals surface area contributed by atoms with Gasteiger partial charge >= 0.3 is 5.97 Å². The number of para-hydroxylation sites is 1. The minimum Gasteiger partial charge on any atom is -0.495 e. The molecule has 3 rings (SSSR count). The Balaban J connectivity index is 1.62. The summed E-state index contributed by atoms with van der Waals surface area (Å²) in [5, 5.41) is 4.02. The van der Waals surface area contributed by atoms with Crippen LogP contribution in [0.2, 0.25) is 5.02 Å². The molecule has 29 heavy (non-hydrogen) atoms. The molecule has 0 unspecified atom stereocenters. The van der Waals surface area contributed by atoms with Gasteiger partial charge in [-0.3, -0.25) is 9.59 Å². The average Bonchev–Trinajstić information content (AvgIpc) is 3.02. The highest BCUT2D eigenvalue weighted by molar-refractivity contribution is 6.32. The number of methoxy groups -OCH3 is 2. The minimum absolute atomic E-state index is 0.0186. The molecule has 0 saturated carbocycles. The third-order valence-corrected chi connectivity index (χ3v) is 4.71. The van der Waals surface area contributed by atoms with Crippen LogP contribution in [0, 0.1) is 6.92 Å². The number of rotatable bonds is 7. The van der Waals surface area contributed by atoms with E-state index in [4.69, 9.17) is 25.8 Å². The first-order valence-corrected chi connectivity index (χ1v) is 9.22. The highest BCUT2D eigenvalue weighted by atomic mass is 35.5. The van der Waals surface area contributed by atoms with Crippen LogP contribution in [0.3, 0.4) is 0 Å². The number of carbonyl (C=O) groups is 2. The monoisotopic (exact) mass is 416 g/mol. The number of ether oxygens (including phenoxy) is 3. The van der Waals surface area contributed by atoms with E-state index in [2.05, 4.69) is 5.32 Å². The van der Waals surface area contributed by atoms with Crippen LogP contribution < -0.4 is 14.8 Å². The number of fused-ring (bicyclic) bond motifs is 1. The lowest BCUT2D eigenvalue weighted by atomic mass is 10.2. The number of esters is 1. The van der Waals surface area contributed by atoms with E-state index in [0.29, 0.717) is 22.2 Å². The fourth-order valence-electron chi connectivity index (χ4n) is 3.02. The highest BCUT2D eigenvalue weighted by Crippen LogP contribution is 2.35. The third kappa shape index (κ3) is 4.63. The Morgan fingerprint density at radius 2 is 1.79 bits per heavy atom. The summed E-state index contributed by atoms with van der Waals surface area (Å²) in [5.74, 6) is -0.264. The Bertz CT molecular complexity index is 1060. The molecular formula is C21H21ClN2O5. The second-order valence-electron chi connectivity index (χ2n) is 6.33. The first kappa shape index (κ1) is 20.5. The molecule has 1 aromatic heterocycles. The maximum Gasteiger partial charge on any atom is 0.326 e. The van der Waals surface area contributed by atoms with Gasteiger partial charge in [0.15, 0.2) is 6.61 Å².